The van der Waals surface area contributed by atoms with Crippen LogP contribution in [0.15, 0.2) is 0 Å². The van der Waals surface area contributed by atoms with E-state index in [4.69, 9.17) is 20.2 Å². The van der Waals surface area contributed by atoms with E-state index < -0.39 is 16.1 Å². The minimum absolute atomic E-state index is 0.100. The first-order valence-electron chi connectivity index (χ1n) is 14.7. The largest absolute Gasteiger partial charge is 0.481 e. The van der Waals surface area contributed by atoms with Crippen LogP contribution in [0.2, 0.25) is 0 Å². The SMILES string of the molecule is CC1(C(=O)O)CCCC1.CC1(CNN)CCCC1.CC1(CO)CCCC1.CC1(COS(C)(=O)=O)CCCC1. The quantitative estimate of drug-likeness (QED) is 0.174. The second kappa shape index (κ2) is 15.9. The van der Waals surface area contributed by atoms with Crippen molar-refractivity contribution in [2.45, 2.75) is 130 Å². The summed E-state index contributed by atoms with van der Waals surface area (Å²) in [5.41, 5.74) is 3.26. The number of hydrazine groups is 1. The average Bonchev–Trinajstić information content (AvgIpc) is 3.65. The van der Waals surface area contributed by atoms with Crippen LogP contribution in [0.1, 0.15) is 130 Å². The predicted molar refractivity (Wildman–Crippen MR) is 154 cm³/mol. The molecule has 0 amide bonds. The first kappa shape index (κ1) is 35.3. The molecule has 0 spiro atoms. The number of nitrogens with two attached hydrogens (primary N) is 1. The summed E-state index contributed by atoms with van der Waals surface area (Å²) >= 11 is 0. The van der Waals surface area contributed by atoms with Crippen LogP contribution in [0, 0.1) is 21.7 Å². The maximum absolute atomic E-state index is 10.7. The van der Waals surface area contributed by atoms with E-state index in [2.05, 4.69) is 26.2 Å². The normalized spacial score (nSPS) is 24.3. The summed E-state index contributed by atoms with van der Waals surface area (Å²) in [4.78, 5) is 10.5. The molecule has 0 aliphatic heterocycles. The molecule has 0 aromatic carbocycles. The van der Waals surface area contributed by atoms with Crippen LogP contribution < -0.4 is 11.3 Å². The Bertz CT molecular complexity index is 777. The van der Waals surface area contributed by atoms with Gasteiger partial charge in [-0.25, -0.2) is 0 Å². The van der Waals surface area contributed by atoms with Crippen LogP contribution in [0.4, 0.5) is 0 Å². The van der Waals surface area contributed by atoms with Crippen LogP contribution in [-0.2, 0) is 19.1 Å². The molecule has 0 radical (unpaired) electrons. The van der Waals surface area contributed by atoms with Crippen molar-refractivity contribution in [2.75, 3.05) is 26.0 Å². The van der Waals surface area contributed by atoms with Crippen LogP contribution in [-0.4, -0.2) is 50.6 Å². The van der Waals surface area contributed by atoms with Gasteiger partial charge in [-0.05, 0) is 74.5 Å². The average molecular weight is 563 g/mol. The summed E-state index contributed by atoms with van der Waals surface area (Å²) < 4.78 is 26.2. The molecule has 4 rings (SSSR count). The molecule has 4 fully saturated rings. The number of rotatable bonds is 7. The summed E-state index contributed by atoms with van der Waals surface area (Å²) in [7, 11) is -3.25. The molecular formula is C29H58N2O6S. The van der Waals surface area contributed by atoms with Gasteiger partial charge in [0.1, 0.15) is 0 Å². The first-order chi connectivity index (χ1) is 17.6. The molecule has 8 nitrogen and oxygen atoms in total. The monoisotopic (exact) mass is 562 g/mol. The number of aliphatic hydroxyl groups excluding tert-OH is 1. The molecule has 0 aromatic rings. The lowest BCUT2D eigenvalue weighted by molar-refractivity contribution is -0.147. The molecule has 0 atom stereocenters. The molecule has 0 aromatic heterocycles. The van der Waals surface area contributed by atoms with Gasteiger partial charge in [-0.15, -0.1) is 0 Å². The van der Waals surface area contributed by atoms with E-state index in [-0.39, 0.29) is 10.8 Å². The maximum Gasteiger partial charge on any atom is 0.309 e. The van der Waals surface area contributed by atoms with E-state index in [0.29, 0.717) is 24.0 Å². The van der Waals surface area contributed by atoms with E-state index in [1.165, 1.54) is 64.2 Å². The van der Waals surface area contributed by atoms with Gasteiger partial charge in [0.25, 0.3) is 10.1 Å². The van der Waals surface area contributed by atoms with Crippen LogP contribution >= 0.6 is 0 Å². The van der Waals surface area contributed by atoms with Gasteiger partial charge in [-0.3, -0.25) is 20.2 Å². The summed E-state index contributed by atoms with van der Waals surface area (Å²) in [6, 6.07) is 0. The minimum atomic E-state index is -3.25. The Balaban J connectivity index is 0.000000256. The Hall–Kier alpha value is -0.740. The maximum atomic E-state index is 10.7. The Kier molecular flexibility index (Phi) is 14.8. The van der Waals surface area contributed by atoms with Gasteiger partial charge in [-0.2, -0.15) is 8.42 Å². The molecule has 226 valence electrons. The van der Waals surface area contributed by atoms with Crippen molar-refractivity contribution in [1.29, 1.82) is 0 Å². The lowest BCUT2D eigenvalue weighted by atomic mass is 9.89. The lowest BCUT2D eigenvalue weighted by Crippen LogP contribution is -2.34. The molecule has 0 bridgehead atoms. The number of carboxylic acids is 1. The molecular weight excluding hydrogens is 504 g/mol. The summed E-state index contributed by atoms with van der Waals surface area (Å²) in [5.74, 6) is 4.62. The molecule has 0 saturated heterocycles. The molecule has 0 heterocycles. The number of hydrogen-bond acceptors (Lipinski definition) is 7. The number of aliphatic carboxylic acids is 1. The fraction of sp³-hybridized carbons (Fsp3) is 0.966. The van der Waals surface area contributed by atoms with E-state index in [9.17, 15) is 13.2 Å². The van der Waals surface area contributed by atoms with E-state index in [1.807, 2.05) is 6.92 Å². The van der Waals surface area contributed by atoms with Crippen molar-refractivity contribution >= 4 is 16.1 Å². The standard InChI is InChI=1S/C8H16O3S.C7H16N2.C7H12O2.C7H14O/c1-8(5-3-4-6-8)7-11-12(2,9)10;1-7(6-9-8)4-2-3-5-7;1-7(6(8)9)4-2-3-5-7;1-7(6-8)4-2-3-5-7/h3-7H2,1-2H3;9H,2-6,8H2,1H3;2-5H2,1H3,(H,8,9);8H,2-6H2,1H3. The smallest absolute Gasteiger partial charge is 0.309 e. The molecule has 38 heavy (non-hydrogen) atoms. The Morgan fingerprint density at radius 2 is 1.13 bits per heavy atom. The Morgan fingerprint density at radius 3 is 1.42 bits per heavy atom. The summed E-state index contributed by atoms with van der Waals surface area (Å²) in [6.07, 6.45) is 20.1. The number of aliphatic hydroxyl groups is 1. The fourth-order valence-corrected chi connectivity index (χ4v) is 6.53. The Morgan fingerprint density at radius 1 is 0.763 bits per heavy atom. The topological polar surface area (TPSA) is 139 Å². The highest BCUT2D eigenvalue weighted by molar-refractivity contribution is 7.85. The van der Waals surface area contributed by atoms with E-state index in [1.54, 1.807) is 0 Å². The van der Waals surface area contributed by atoms with Crippen molar-refractivity contribution < 1.29 is 27.6 Å². The van der Waals surface area contributed by atoms with Crippen molar-refractivity contribution in [3.63, 3.8) is 0 Å². The number of carbonyl (C=O) groups is 1. The van der Waals surface area contributed by atoms with Gasteiger partial charge in [0.15, 0.2) is 0 Å². The highest BCUT2D eigenvalue weighted by Crippen LogP contribution is 2.39. The molecule has 4 aliphatic carbocycles. The third-order valence-corrected chi connectivity index (χ3v) is 9.73. The lowest BCUT2D eigenvalue weighted by Gasteiger charge is -2.21. The van der Waals surface area contributed by atoms with Crippen molar-refractivity contribution in [3.8, 4) is 0 Å². The molecule has 9 heteroatoms. The van der Waals surface area contributed by atoms with Gasteiger partial charge in [0, 0.05) is 13.2 Å². The molecule has 0 unspecified atom stereocenters. The van der Waals surface area contributed by atoms with Gasteiger partial charge in [-0.1, -0.05) is 72.1 Å². The summed E-state index contributed by atoms with van der Waals surface area (Å²) in [6.45, 7) is 10.1. The third kappa shape index (κ3) is 13.6. The van der Waals surface area contributed by atoms with E-state index in [0.717, 1.165) is 51.3 Å². The first-order valence-corrected chi connectivity index (χ1v) is 16.5. The second-order valence-corrected chi connectivity index (χ2v) is 15.3. The van der Waals surface area contributed by atoms with Gasteiger partial charge < -0.3 is 10.2 Å². The van der Waals surface area contributed by atoms with Crippen molar-refractivity contribution in [3.05, 3.63) is 0 Å². The number of hydrogen-bond donors (Lipinski definition) is 4. The van der Waals surface area contributed by atoms with Gasteiger partial charge in [0.2, 0.25) is 0 Å². The second-order valence-electron chi connectivity index (χ2n) is 13.6. The van der Waals surface area contributed by atoms with Crippen molar-refractivity contribution in [1.82, 2.24) is 5.43 Å². The van der Waals surface area contributed by atoms with Gasteiger partial charge in [0.05, 0.1) is 18.3 Å². The van der Waals surface area contributed by atoms with E-state index >= 15 is 0 Å². The molecule has 4 saturated carbocycles. The fourth-order valence-electron chi connectivity index (χ4n) is 6.03. The zero-order valence-corrected chi connectivity index (χ0v) is 25.8. The molecule has 5 N–H and O–H groups in total. The van der Waals surface area contributed by atoms with Crippen LogP contribution in [0.5, 0.6) is 0 Å². The van der Waals surface area contributed by atoms with Crippen molar-refractivity contribution in [2.24, 2.45) is 27.5 Å². The third-order valence-electron chi connectivity index (χ3n) is 9.19. The minimum Gasteiger partial charge on any atom is -0.481 e. The predicted octanol–water partition coefficient (Wildman–Crippen LogP) is 5.78. The highest BCUT2D eigenvalue weighted by atomic mass is 32.2. The van der Waals surface area contributed by atoms with Gasteiger partial charge >= 0.3 is 5.97 Å². The summed E-state index contributed by atoms with van der Waals surface area (Å²) in [5, 5.41) is 17.5. The Labute approximate surface area is 233 Å². The number of carboxylic acid groups (broad SMARTS) is 1. The zero-order valence-electron chi connectivity index (χ0n) is 24.9. The number of nitrogens with one attached hydrogen (secondary N) is 1. The van der Waals surface area contributed by atoms with Crippen LogP contribution in [0.25, 0.3) is 0 Å². The molecule has 4 aliphatic rings. The highest BCUT2D eigenvalue weighted by Gasteiger charge is 2.36. The zero-order chi connectivity index (χ0) is 28.9. The van der Waals surface area contributed by atoms with Crippen LogP contribution in [0.3, 0.4) is 0 Å².